The summed E-state index contributed by atoms with van der Waals surface area (Å²) < 4.78 is 9.88. The van der Waals surface area contributed by atoms with Crippen LogP contribution in [0.4, 0.5) is 10.7 Å². The molecule has 0 bridgehead atoms. The first kappa shape index (κ1) is 15.5. The number of carbonyl (C=O) groups excluding carboxylic acids is 2. The second-order valence-electron chi connectivity index (χ2n) is 3.75. The SMILES string of the molecule is CCOC(=O)c1c(NCCOC)sc(C(C)=O)c1N. The Morgan fingerprint density at radius 2 is 2.11 bits per heavy atom. The number of ether oxygens (including phenoxy) is 2. The lowest BCUT2D eigenvalue weighted by Gasteiger charge is -2.07. The van der Waals surface area contributed by atoms with Crippen LogP contribution in [0, 0.1) is 0 Å². The average molecular weight is 286 g/mol. The van der Waals surface area contributed by atoms with Crippen LogP contribution in [0.2, 0.25) is 0 Å². The van der Waals surface area contributed by atoms with Crippen molar-refractivity contribution in [3.63, 3.8) is 0 Å². The van der Waals surface area contributed by atoms with Crippen LogP contribution in [0.25, 0.3) is 0 Å². The molecule has 0 amide bonds. The number of esters is 1. The lowest BCUT2D eigenvalue weighted by atomic mass is 10.2. The van der Waals surface area contributed by atoms with E-state index in [-0.39, 0.29) is 23.6 Å². The monoisotopic (exact) mass is 286 g/mol. The fourth-order valence-corrected chi connectivity index (χ4v) is 2.53. The summed E-state index contributed by atoms with van der Waals surface area (Å²) in [4.78, 5) is 23.7. The number of thiophene rings is 1. The predicted molar refractivity (Wildman–Crippen MR) is 75.1 cm³/mol. The molecular formula is C12H18N2O4S. The first-order chi connectivity index (χ1) is 9.02. The maximum absolute atomic E-state index is 11.9. The zero-order valence-electron chi connectivity index (χ0n) is 11.2. The van der Waals surface area contributed by atoms with Gasteiger partial charge in [-0.05, 0) is 6.92 Å². The van der Waals surface area contributed by atoms with E-state index in [0.29, 0.717) is 23.0 Å². The van der Waals surface area contributed by atoms with Gasteiger partial charge in [0.1, 0.15) is 10.6 Å². The molecule has 7 heteroatoms. The maximum atomic E-state index is 11.9. The van der Waals surface area contributed by atoms with Crippen molar-refractivity contribution < 1.29 is 19.1 Å². The Hall–Kier alpha value is -1.60. The summed E-state index contributed by atoms with van der Waals surface area (Å²) in [5.74, 6) is -0.698. The number of nitrogen functional groups attached to an aromatic ring is 1. The van der Waals surface area contributed by atoms with E-state index < -0.39 is 5.97 Å². The summed E-state index contributed by atoms with van der Waals surface area (Å²) >= 11 is 1.16. The number of anilines is 2. The average Bonchev–Trinajstić information content (AvgIpc) is 2.67. The standard InChI is InChI=1S/C12H18N2O4S/c1-4-18-12(16)8-9(13)10(7(2)15)19-11(8)14-5-6-17-3/h14H,4-6,13H2,1-3H3. The Labute approximate surface area is 115 Å². The van der Waals surface area contributed by atoms with E-state index in [1.54, 1.807) is 14.0 Å². The highest BCUT2D eigenvalue weighted by Crippen LogP contribution is 2.36. The number of carbonyl (C=O) groups is 2. The Bertz CT molecular complexity index is 471. The molecule has 0 aromatic carbocycles. The van der Waals surface area contributed by atoms with Gasteiger partial charge in [0.05, 0.1) is 23.8 Å². The third kappa shape index (κ3) is 3.68. The van der Waals surface area contributed by atoms with Crippen molar-refractivity contribution in [1.82, 2.24) is 0 Å². The molecule has 19 heavy (non-hydrogen) atoms. The van der Waals surface area contributed by atoms with Crippen LogP contribution >= 0.6 is 11.3 Å². The Morgan fingerprint density at radius 3 is 2.63 bits per heavy atom. The van der Waals surface area contributed by atoms with Crippen LogP contribution in [0.5, 0.6) is 0 Å². The second-order valence-corrected chi connectivity index (χ2v) is 4.77. The number of hydrogen-bond donors (Lipinski definition) is 2. The molecule has 6 nitrogen and oxygen atoms in total. The molecule has 0 aliphatic carbocycles. The quantitative estimate of drug-likeness (QED) is 0.451. The fraction of sp³-hybridized carbons (Fsp3) is 0.500. The first-order valence-electron chi connectivity index (χ1n) is 5.86. The summed E-state index contributed by atoms with van der Waals surface area (Å²) in [7, 11) is 1.58. The van der Waals surface area contributed by atoms with Crippen LogP contribution < -0.4 is 11.1 Å². The van der Waals surface area contributed by atoms with Gasteiger partial charge >= 0.3 is 5.97 Å². The highest BCUT2D eigenvalue weighted by molar-refractivity contribution is 7.19. The molecule has 0 unspecified atom stereocenters. The van der Waals surface area contributed by atoms with Crippen LogP contribution in [0.15, 0.2) is 0 Å². The van der Waals surface area contributed by atoms with E-state index in [4.69, 9.17) is 15.2 Å². The summed E-state index contributed by atoms with van der Waals surface area (Å²) in [5.41, 5.74) is 6.26. The van der Waals surface area contributed by atoms with Crippen molar-refractivity contribution >= 4 is 33.8 Å². The number of nitrogens with two attached hydrogens (primary N) is 1. The molecule has 1 aromatic heterocycles. The maximum Gasteiger partial charge on any atom is 0.343 e. The summed E-state index contributed by atoms with van der Waals surface area (Å²) in [6.45, 7) is 4.37. The van der Waals surface area contributed by atoms with Crippen LogP contribution in [0.1, 0.15) is 33.9 Å². The van der Waals surface area contributed by atoms with E-state index >= 15 is 0 Å². The van der Waals surface area contributed by atoms with E-state index in [1.165, 1.54) is 6.92 Å². The van der Waals surface area contributed by atoms with Gasteiger partial charge in [-0.25, -0.2) is 4.79 Å². The molecule has 0 radical (unpaired) electrons. The van der Waals surface area contributed by atoms with Gasteiger partial charge in [-0.2, -0.15) is 0 Å². The van der Waals surface area contributed by atoms with Gasteiger partial charge in [0.25, 0.3) is 0 Å². The molecule has 1 aromatic rings. The van der Waals surface area contributed by atoms with Gasteiger partial charge in [0.2, 0.25) is 0 Å². The van der Waals surface area contributed by atoms with Gasteiger partial charge in [0.15, 0.2) is 5.78 Å². The molecule has 0 atom stereocenters. The second kappa shape index (κ2) is 7.10. The minimum Gasteiger partial charge on any atom is -0.462 e. The van der Waals surface area contributed by atoms with Crippen molar-refractivity contribution in [3.8, 4) is 0 Å². The van der Waals surface area contributed by atoms with Crippen molar-refractivity contribution in [2.24, 2.45) is 0 Å². The van der Waals surface area contributed by atoms with Crippen LogP contribution in [-0.2, 0) is 9.47 Å². The van der Waals surface area contributed by atoms with Crippen molar-refractivity contribution in [2.45, 2.75) is 13.8 Å². The largest absolute Gasteiger partial charge is 0.462 e. The number of Topliss-reactive ketones (excluding diaryl/α,β-unsaturated/α-hetero) is 1. The van der Waals surface area contributed by atoms with Crippen LogP contribution in [0.3, 0.4) is 0 Å². The van der Waals surface area contributed by atoms with Crippen molar-refractivity contribution in [3.05, 3.63) is 10.4 Å². The molecule has 106 valence electrons. The third-order valence-corrected chi connectivity index (χ3v) is 3.60. The van der Waals surface area contributed by atoms with Gasteiger partial charge in [-0.1, -0.05) is 0 Å². The molecule has 3 N–H and O–H groups in total. The predicted octanol–water partition coefficient (Wildman–Crippen LogP) is 1.77. The molecule has 1 heterocycles. The third-order valence-electron chi connectivity index (χ3n) is 2.34. The first-order valence-corrected chi connectivity index (χ1v) is 6.67. The molecule has 0 spiro atoms. The Balaban J connectivity index is 3.08. The molecule has 1 rings (SSSR count). The molecule has 0 saturated heterocycles. The van der Waals surface area contributed by atoms with Crippen LogP contribution in [-0.4, -0.2) is 38.6 Å². The lowest BCUT2D eigenvalue weighted by molar-refractivity contribution is 0.0529. The number of nitrogens with one attached hydrogen (secondary N) is 1. The number of methoxy groups -OCH3 is 1. The fourth-order valence-electron chi connectivity index (χ4n) is 1.50. The smallest absolute Gasteiger partial charge is 0.343 e. The van der Waals surface area contributed by atoms with Gasteiger partial charge in [-0.3, -0.25) is 4.79 Å². The minimum absolute atomic E-state index is 0.173. The van der Waals surface area contributed by atoms with E-state index in [0.717, 1.165) is 11.3 Å². The molecule has 0 fully saturated rings. The Kier molecular flexibility index (Phi) is 5.78. The molecule has 0 saturated carbocycles. The van der Waals surface area contributed by atoms with Gasteiger partial charge < -0.3 is 20.5 Å². The lowest BCUT2D eigenvalue weighted by Crippen LogP contribution is -2.12. The molecule has 0 aliphatic heterocycles. The highest BCUT2D eigenvalue weighted by Gasteiger charge is 2.24. The minimum atomic E-state index is -0.524. The topological polar surface area (TPSA) is 90.6 Å². The zero-order valence-corrected chi connectivity index (χ0v) is 12.1. The molecule has 0 aliphatic rings. The summed E-state index contributed by atoms with van der Waals surface area (Å²) in [5, 5.41) is 3.57. The Morgan fingerprint density at radius 1 is 1.42 bits per heavy atom. The molecular weight excluding hydrogens is 268 g/mol. The van der Waals surface area contributed by atoms with E-state index in [1.807, 2.05) is 0 Å². The summed E-state index contributed by atoms with van der Waals surface area (Å²) in [6, 6.07) is 0. The summed E-state index contributed by atoms with van der Waals surface area (Å²) in [6.07, 6.45) is 0. The number of rotatable bonds is 7. The van der Waals surface area contributed by atoms with Crippen molar-refractivity contribution in [1.29, 1.82) is 0 Å². The normalized spacial score (nSPS) is 10.3. The number of ketones is 1. The number of hydrogen-bond acceptors (Lipinski definition) is 7. The van der Waals surface area contributed by atoms with Crippen molar-refractivity contribution in [2.75, 3.05) is 37.9 Å². The van der Waals surface area contributed by atoms with Gasteiger partial charge in [-0.15, -0.1) is 11.3 Å². The van der Waals surface area contributed by atoms with E-state index in [2.05, 4.69) is 5.32 Å². The van der Waals surface area contributed by atoms with E-state index in [9.17, 15) is 9.59 Å². The zero-order chi connectivity index (χ0) is 14.4. The highest BCUT2D eigenvalue weighted by atomic mass is 32.1. The van der Waals surface area contributed by atoms with Gasteiger partial charge in [0, 0.05) is 20.6 Å².